The first-order chi connectivity index (χ1) is 14.7. The van der Waals surface area contributed by atoms with E-state index >= 15 is 0 Å². The van der Waals surface area contributed by atoms with Crippen LogP contribution >= 0.6 is 11.8 Å². The third-order valence-corrected chi connectivity index (χ3v) is 6.03. The Bertz CT molecular complexity index is 1000. The number of ether oxygens (including phenoxy) is 1. The summed E-state index contributed by atoms with van der Waals surface area (Å²) in [5.74, 6) is 3.09. The van der Waals surface area contributed by atoms with Crippen molar-refractivity contribution in [1.29, 1.82) is 0 Å². The molecule has 2 aromatic carbocycles. The van der Waals surface area contributed by atoms with Crippen LogP contribution in [-0.2, 0) is 17.8 Å². The Morgan fingerprint density at radius 3 is 2.83 bits per heavy atom. The number of carbonyl (C=O) groups is 1. The van der Waals surface area contributed by atoms with Gasteiger partial charge in [-0.25, -0.2) is 0 Å². The second-order valence-electron chi connectivity index (χ2n) is 7.22. The van der Waals surface area contributed by atoms with Gasteiger partial charge >= 0.3 is 0 Å². The van der Waals surface area contributed by atoms with Gasteiger partial charge in [-0.05, 0) is 56.2 Å². The Labute approximate surface area is 181 Å². The number of rotatable bonds is 7. The van der Waals surface area contributed by atoms with Crippen LogP contribution in [0.15, 0.2) is 53.4 Å². The summed E-state index contributed by atoms with van der Waals surface area (Å²) in [6, 6.07) is 15.6. The van der Waals surface area contributed by atoms with Gasteiger partial charge in [0.15, 0.2) is 5.82 Å². The van der Waals surface area contributed by atoms with Gasteiger partial charge in [0, 0.05) is 29.1 Å². The highest BCUT2D eigenvalue weighted by Gasteiger charge is 2.16. The molecule has 1 aliphatic rings. The lowest BCUT2D eigenvalue weighted by molar-refractivity contribution is -0.113. The number of nitrogens with zero attached hydrogens (tertiary/aromatic N) is 3. The number of anilines is 1. The summed E-state index contributed by atoms with van der Waals surface area (Å²) in [5.41, 5.74) is 1.75. The van der Waals surface area contributed by atoms with E-state index in [0.29, 0.717) is 12.4 Å². The zero-order chi connectivity index (χ0) is 20.8. The summed E-state index contributed by atoms with van der Waals surface area (Å²) < 4.78 is 7.67. The van der Waals surface area contributed by atoms with Gasteiger partial charge in [0.05, 0.1) is 12.4 Å². The number of aromatic nitrogens is 3. The molecule has 0 saturated heterocycles. The average molecular weight is 423 g/mol. The number of fused-ring (bicyclic) bond motifs is 1. The maximum absolute atomic E-state index is 12.4. The number of carbonyl (C=O) groups excluding carboxylic acids is 1. The van der Waals surface area contributed by atoms with Crippen LogP contribution in [0.4, 0.5) is 5.69 Å². The van der Waals surface area contributed by atoms with Crippen molar-refractivity contribution in [3.63, 3.8) is 0 Å². The van der Waals surface area contributed by atoms with Crippen LogP contribution in [0.2, 0.25) is 0 Å². The minimum atomic E-state index is -0.0360. The standard InChI is InChI=1S/C23H26N4O2S/c1-2-29-19-10-12-20(13-11-19)30-16-22(28)24-18-8-6-7-17(15-18)23-26-25-21-9-4-3-5-14-27(21)23/h6-8,10-13,15H,2-5,9,14,16H2,1H3,(H,24,28). The Kier molecular flexibility index (Phi) is 6.69. The second kappa shape index (κ2) is 9.80. The van der Waals surface area contributed by atoms with E-state index in [2.05, 4.69) is 20.1 Å². The van der Waals surface area contributed by atoms with Gasteiger partial charge in [0.25, 0.3) is 0 Å². The molecular weight excluding hydrogens is 396 g/mol. The van der Waals surface area contributed by atoms with E-state index in [4.69, 9.17) is 4.74 Å². The molecule has 0 bridgehead atoms. The summed E-state index contributed by atoms with van der Waals surface area (Å²) in [4.78, 5) is 13.5. The summed E-state index contributed by atoms with van der Waals surface area (Å²) in [5, 5.41) is 11.8. The number of hydrogen-bond acceptors (Lipinski definition) is 5. The van der Waals surface area contributed by atoms with Crippen LogP contribution in [0.1, 0.15) is 32.0 Å². The van der Waals surface area contributed by atoms with Gasteiger partial charge in [0.2, 0.25) is 5.91 Å². The summed E-state index contributed by atoms with van der Waals surface area (Å²) in [6.07, 6.45) is 4.52. The fraction of sp³-hybridized carbons (Fsp3) is 0.348. The number of amides is 1. The number of nitrogens with one attached hydrogen (secondary N) is 1. The van der Waals surface area contributed by atoms with E-state index < -0.39 is 0 Å². The molecule has 0 atom stereocenters. The number of thioether (sulfide) groups is 1. The van der Waals surface area contributed by atoms with Crippen LogP contribution in [0, 0.1) is 0 Å². The molecule has 0 unspecified atom stereocenters. The van der Waals surface area contributed by atoms with E-state index in [1.807, 2.05) is 55.5 Å². The Balaban J connectivity index is 1.38. The molecule has 156 valence electrons. The monoisotopic (exact) mass is 422 g/mol. The molecule has 1 amide bonds. The first kappa shape index (κ1) is 20.5. The Hall–Kier alpha value is -2.80. The highest BCUT2D eigenvalue weighted by Crippen LogP contribution is 2.26. The van der Waals surface area contributed by atoms with Crippen molar-refractivity contribution in [2.75, 3.05) is 17.7 Å². The highest BCUT2D eigenvalue weighted by molar-refractivity contribution is 8.00. The molecule has 0 radical (unpaired) electrons. The minimum Gasteiger partial charge on any atom is -0.494 e. The molecule has 0 saturated carbocycles. The molecule has 0 aliphatic carbocycles. The minimum absolute atomic E-state index is 0.0360. The third kappa shape index (κ3) is 5.02. The van der Waals surface area contributed by atoms with E-state index in [1.54, 1.807) is 0 Å². The summed E-state index contributed by atoms with van der Waals surface area (Å²) in [7, 11) is 0. The first-order valence-electron chi connectivity index (χ1n) is 10.4. The van der Waals surface area contributed by atoms with Gasteiger partial charge in [-0.3, -0.25) is 4.79 Å². The number of aryl methyl sites for hydroxylation is 1. The van der Waals surface area contributed by atoms with E-state index in [-0.39, 0.29) is 5.91 Å². The topological polar surface area (TPSA) is 69.0 Å². The normalized spacial score (nSPS) is 13.4. The summed E-state index contributed by atoms with van der Waals surface area (Å²) >= 11 is 1.50. The predicted octanol–water partition coefficient (Wildman–Crippen LogP) is 4.80. The zero-order valence-corrected chi connectivity index (χ0v) is 18.0. The predicted molar refractivity (Wildman–Crippen MR) is 120 cm³/mol. The highest BCUT2D eigenvalue weighted by atomic mass is 32.2. The second-order valence-corrected chi connectivity index (χ2v) is 8.27. The molecule has 6 nitrogen and oxygen atoms in total. The fourth-order valence-electron chi connectivity index (χ4n) is 3.58. The lowest BCUT2D eigenvalue weighted by Crippen LogP contribution is -2.14. The number of benzene rings is 2. The third-order valence-electron chi connectivity index (χ3n) is 5.02. The van der Waals surface area contributed by atoms with Crippen molar-refractivity contribution < 1.29 is 9.53 Å². The van der Waals surface area contributed by atoms with Crippen molar-refractivity contribution in [2.24, 2.45) is 0 Å². The SMILES string of the molecule is CCOc1ccc(SCC(=O)Nc2cccc(-c3nnc4n3CCCCC4)c2)cc1. The Morgan fingerprint density at radius 1 is 1.13 bits per heavy atom. The molecule has 3 aromatic rings. The zero-order valence-electron chi connectivity index (χ0n) is 17.1. The average Bonchev–Trinajstić information content (AvgIpc) is 3.02. The number of hydrogen-bond donors (Lipinski definition) is 1. The van der Waals surface area contributed by atoms with Gasteiger partial charge in [0.1, 0.15) is 11.6 Å². The molecule has 1 N–H and O–H groups in total. The van der Waals surface area contributed by atoms with Crippen molar-refractivity contribution in [3.8, 4) is 17.1 Å². The van der Waals surface area contributed by atoms with Gasteiger partial charge in [-0.2, -0.15) is 0 Å². The van der Waals surface area contributed by atoms with E-state index in [9.17, 15) is 4.79 Å². The maximum Gasteiger partial charge on any atom is 0.234 e. The van der Waals surface area contributed by atoms with Crippen molar-refractivity contribution in [3.05, 3.63) is 54.4 Å². The smallest absolute Gasteiger partial charge is 0.234 e. The molecule has 7 heteroatoms. The lowest BCUT2D eigenvalue weighted by atomic mass is 10.2. The summed E-state index contributed by atoms with van der Waals surface area (Å²) in [6.45, 7) is 3.56. The molecule has 2 heterocycles. The van der Waals surface area contributed by atoms with Crippen LogP contribution in [-0.4, -0.2) is 33.0 Å². The fourth-order valence-corrected chi connectivity index (χ4v) is 4.28. The maximum atomic E-state index is 12.4. The molecule has 30 heavy (non-hydrogen) atoms. The van der Waals surface area contributed by atoms with E-state index in [1.165, 1.54) is 24.6 Å². The van der Waals surface area contributed by atoms with Crippen molar-refractivity contribution in [2.45, 2.75) is 44.0 Å². The van der Waals surface area contributed by atoms with Gasteiger partial charge < -0.3 is 14.6 Å². The quantitative estimate of drug-likeness (QED) is 0.554. The molecule has 0 spiro atoms. The molecule has 0 fully saturated rings. The van der Waals surface area contributed by atoms with Gasteiger partial charge in [-0.15, -0.1) is 22.0 Å². The lowest BCUT2D eigenvalue weighted by Gasteiger charge is -2.10. The van der Waals surface area contributed by atoms with Crippen LogP contribution in [0.3, 0.4) is 0 Å². The molecular formula is C23H26N4O2S. The van der Waals surface area contributed by atoms with Crippen molar-refractivity contribution >= 4 is 23.4 Å². The van der Waals surface area contributed by atoms with E-state index in [0.717, 1.165) is 52.9 Å². The van der Waals surface area contributed by atoms with Crippen molar-refractivity contribution in [1.82, 2.24) is 14.8 Å². The van der Waals surface area contributed by atoms with Crippen LogP contribution in [0.25, 0.3) is 11.4 Å². The first-order valence-corrected chi connectivity index (χ1v) is 11.4. The van der Waals surface area contributed by atoms with Crippen LogP contribution in [0.5, 0.6) is 5.75 Å². The van der Waals surface area contributed by atoms with Crippen LogP contribution < -0.4 is 10.1 Å². The Morgan fingerprint density at radius 2 is 2.00 bits per heavy atom. The van der Waals surface area contributed by atoms with Gasteiger partial charge in [-0.1, -0.05) is 18.6 Å². The largest absolute Gasteiger partial charge is 0.494 e. The molecule has 1 aromatic heterocycles. The molecule has 1 aliphatic heterocycles. The molecule has 4 rings (SSSR count).